The number of alkyl halides is 2. The van der Waals surface area contributed by atoms with Crippen molar-refractivity contribution >= 4 is 45.2 Å². The van der Waals surface area contributed by atoms with Gasteiger partial charge in [0.15, 0.2) is 12.6 Å². The summed E-state index contributed by atoms with van der Waals surface area (Å²) in [5, 5.41) is 0. The first-order chi connectivity index (χ1) is 16.6. The maximum absolute atomic E-state index is 6.44. The third kappa shape index (κ3) is 23.0. The zero-order valence-corrected chi connectivity index (χ0v) is 28.8. The molecule has 35 heavy (non-hydrogen) atoms. The van der Waals surface area contributed by atoms with Crippen LogP contribution in [0.1, 0.15) is 132 Å². The van der Waals surface area contributed by atoms with Crippen LogP contribution in [-0.2, 0) is 14.2 Å². The van der Waals surface area contributed by atoms with Gasteiger partial charge in [0, 0.05) is 21.1 Å². The van der Waals surface area contributed by atoms with E-state index in [2.05, 4.69) is 101 Å². The van der Waals surface area contributed by atoms with Crippen LogP contribution >= 0.6 is 45.2 Å². The summed E-state index contributed by atoms with van der Waals surface area (Å²) >= 11 is 5.10. The van der Waals surface area contributed by atoms with Crippen LogP contribution < -0.4 is 0 Å². The summed E-state index contributed by atoms with van der Waals surface area (Å²) in [5.74, 6) is 3.14. The molecule has 0 aromatic rings. The van der Waals surface area contributed by atoms with E-state index in [9.17, 15) is 0 Å². The van der Waals surface area contributed by atoms with Crippen LogP contribution in [0.25, 0.3) is 0 Å². The van der Waals surface area contributed by atoms with Crippen LogP contribution in [0.2, 0.25) is 0 Å². The minimum Gasteiger partial charge on any atom is -0.353 e. The minimum absolute atomic E-state index is 0.140. The first-order valence-corrected chi connectivity index (χ1v) is 17.2. The van der Waals surface area contributed by atoms with E-state index in [-0.39, 0.29) is 12.6 Å². The van der Waals surface area contributed by atoms with Crippen molar-refractivity contribution in [3.63, 3.8) is 0 Å². The van der Waals surface area contributed by atoms with Gasteiger partial charge in [0.05, 0.1) is 0 Å². The number of hydrogen-bond donors (Lipinski definition) is 0. The zero-order chi connectivity index (χ0) is 26.6. The molecule has 0 fully saturated rings. The molecule has 0 N–H and O–H groups in total. The number of halogens is 2. The van der Waals surface area contributed by atoms with Crippen LogP contribution in [0.5, 0.6) is 0 Å². The van der Waals surface area contributed by atoms with E-state index in [1.807, 2.05) is 0 Å². The van der Waals surface area contributed by atoms with Gasteiger partial charge in [-0.25, -0.2) is 0 Å². The van der Waals surface area contributed by atoms with Gasteiger partial charge in [-0.1, -0.05) is 113 Å². The second-order valence-electron chi connectivity index (χ2n) is 11.5. The predicted octanol–water partition coefficient (Wildman–Crippen LogP) is 10.6. The molecule has 0 aliphatic rings. The highest BCUT2D eigenvalue weighted by molar-refractivity contribution is 14.1. The van der Waals surface area contributed by atoms with Crippen molar-refractivity contribution in [3.8, 4) is 0 Å². The Kier molecular flexibility index (Phi) is 24.1. The molecule has 0 saturated carbocycles. The van der Waals surface area contributed by atoms with Crippen molar-refractivity contribution < 1.29 is 14.2 Å². The number of rotatable bonds is 24. The van der Waals surface area contributed by atoms with Crippen molar-refractivity contribution in [1.82, 2.24) is 0 Å². The molecule has 0 amide bonds. The fourth-order valence-corrected chi connectivity index (χ4v) is 6.96. The van der Waals surface area contributed by atoms with Crippen LogP contribution in [0.4, 0.5) is 0 Å². The van der Waals surface area contributed by atoms with Gasteiger partial charge >= 0.3 is 0 Å². The molecule has 0 aromatic carbocycles. The van der Waals surface area contributed by atoms with Crippen molar-refractivity contribution in [2.24, 2.45) is 23.7 Å². The SMILES string of the molecule is CCCOC(CCCC(C)CC(C)CC(C)I)OC(CCCC(C)CC(C)CC(C)I)OCCC. The second kappa shape index (κ2) is 23.2. The fraction of sp³-hybridized carbons (Fsp3) is 1.00. The lowest BCUT2D eigenvalue weighted by atomic mass is 9.90. The van der Waals surface area contributed by atoms with Crippen LogP contribution in [-0.4, -0.2) is 33.6 Å². The molecule has 5 heteroatoms. The maximum atomic E-state index is 6.44. The smallest absolute Gasteiger partial charge is 0.160 e. The van der Waals surface area contributed by atoms with Gasteiger partial charge in [-0.2, -0.15) is 0 Å². The molecular formula is C30H60I2O3. The van der Waals surface area contributed by atoms with Gasteiger partial charge < -0.3 is 14.2 Å². The monoisotopic (exact) mass is 722 g/mol. The predicted molar refractivity (Wildman–Crippen MR) is 171 cm³/mol. The maximum Gasteiger partial charge on any atom is 0.160 e. The Morgan fingerprint density at radius 2 is 0.886 bits per heavy atom. The molecule has 0 bridgehead atoms. The lowest BCUT2D eigenvalue weighted by Gasteiger charge is -2.26. The van der Waals surface area contributed by atoms with Gasteiger partial charge in [-0.05, 0) is 87.9 Å². The Morgan fingerprint density at radius 1 is 0.514 bits per heavy atom. The first kappa shape index (κ1) is 36.3. The summed E-state index contributed by atoms with van der Waals surface area (Å²) in [5.41, 5.74) is 0. The summed E-state index contributed by atoms with van der Waals surface area (Å²) in [7, 11) is 0. The molecule has 0 radical (unpaired) electrons. The summed E-state index contributed by atoms with van der Waals surface area (Å²) in [4.78, 5) is 0. The fourth-order valence-electron chi connectivity index (χ4n) is 5.23. The molecule has 0 rings (SSSR count). The average molecular weight is 723 g/mol. The Labute approximate surface area is 247 Å². The summed E-state index contributed by atoms with van der Waals surface area (Å²) in [6.07, 6.45) is 13.8. The normalized spacial score (nSPS) is 19.0. The number of ether oxygens (including phenoxy) is 3. The highest BCUT2D eigenvalue weighted by atomic mass is 127. The topological polar surface area (TPSA) is 27.7 Å². The quantitative estimate of drug-likeness (QED) is 0.0564. The second-order valence-corrected chi connectivity index (χ2v) is 15.8. The van der Waals surface area contributed by atoms with E-state index in [0.29, 0.717) is 0 Å². The summed E-state index contributed by atoms with van der Waals surface area (Å²) < 4.78 is 20.2. The molecule has 0 aliphatic heterocycles. The van der Waals surface area contributed by atoms with Gasteiger partial charge in [0.1, 0.15) is 0 Å². The Bertz CT molecular complexity index is 421. The molecule has 8 unspecified atom stereocenters. The molecule has 8 atom stereocenters. The van der Waals surface area contributed by atoms with E-state index in [1.54, 1.807) is 0 Å². The Balaban J connectivity index is 4.60. The molecule has 0 heterocycles. The van der Waals surface area contributed by atoms with E-state index in [4.69, 9.17) is 14.2 Å². The van der Waals surface area contributed by atoms with E-state index >= 15 is 0 Å². The minimum atomic E-state index is -0.140. The standard InChI is InChI=1S/C30H60I2O3/c1-9-17-33-29(15-11-13-23(3)19-25(5)21-27(7)31)35-30(34-18-10-2)16-12-14-24(4)20-26(6)22-28(8)32/h23-30H,9-22H2,1-8H3. The number of hydrogen-bond acceptors (Lipinski definition) is 3. The third-order valence-electron chi connectivity index (χ3n) is 6.66. The summed E-state index contributed by atoms with van der Waals surface area (Å²) in [6, 6.07) is 0. The zero-order valence-electron chi connectivity index (χ0n) is 24.5. The lowest BCUT2D eigenvalue weighted by molar-refractivity contribution is -0.250. The van der Waals surface area contributed by atoms with Gasteiger partial charge in [0.2, 0.25) is 0 Å². The van der Waals surface area contributed by atoms with Gasteiger partial charge in [-0.3, -0.25) is 0 Å². The highest BCUT2D eigenvalue weighted by Gasteiger charge is 2.20. The van der Waals surface area contributed by atoms with E-state index < -0.39 is 0 Å². The van der Waals surface area contributed by atoms with Crippen molar-refractivity contribution in [1.29, 1.82) is 0 Å². The molecule has 212 valence electrons. The van der Waals surface area contributed by atoms with Gasteiger partial charge in [-0.15, -0.1) is 0 Å². The molecule has 0 saturated heterocycles. The van der Waals surface area contributed by atoms with E-state index in [0.717, 1.165) is 83.3 Å². The molecule has 0 aromatic heterocycles. The van der Waals surface area contributed by atoms with Crippen molar-refractivity contribution in [2.75, 3.05) is 13.2 Å². The Morgan fingerprint density at radius 3 is 1.20 bits per heavy atom. The van der Waals surface area contributed by atoms with Crippen LogP contribution in [0.3, 0.4) is 0 Å². The molecule has 0 spiro atoms. The first-order valence-electron chi connectivity index (χ1n) is 14.7. The van der Waals surface area contributed by atoms with Crippen LogP contribution in [0.15, 0.2) is 0 Å². The van der Waals surface area contributed by atoms with Gasteiger partial charge in [0.25, 0.3) is 0 Å². The lowest BCUT2D eigenvalue weighted by Crippen LogP contribution is -2.28. The molecule has 0 aliphatic carbocycles. The van der Waals surface area contributed by atoms with Crippen molar-refractivity contribution in [3.05, 3.63) is 0 Å². The third-order valence-corrected chi connectivity index (χ3v) is 7.67. The highest BCUT2D eigenvalue weighted by Crippen LogP contribution is 2.26. The average Bonchev–Trinajstić information content (AvgIpc) is 2.73. The van der Waals surface area contributed by atoms with Crippen molar-refractivity contribution in [2.45, 2.75) is 153 Å². The van der Waals surface area contributed by atoms with Crippen LogP contribution in [0, 0.1) is 23.7 Å². The summed E-state index contributed by atoms with van der Waals surface area (Å²) in [6.45, 7) is 20.1. The largest absolute Gasteiger partial charge is 0.353 e. The Hall–Kier alpha value is 1.34. The molecule has 3 nitrogen and oxygen atoms in total. The molecular weight excluding hydrogens is 662 g/mol. The van der Waals surface area contributed by atoms with E-state index in [1.165, 1.54) is 38.5 Å².